The van der Waals surface area contributed by atoms with Gasteiger partial charge in [-0.2, -0.15) is 0 Å². The van der Waals surface area contributed by atoms with E-state index in [0.717, 1.165) is 0 Å². The molecule has 0 heterocycles. The van der Waals surface area contributed by atoms with Gasteiger partial charge in [-0.15, -0.1) is 0 Å². The van der Waals surface area contributed by atoms with Crippen LogP contribution in [0.15, 0.2) is 23.1 Å². The molecule has 0 aliphatic rings. The predicted molar refractivity (Wildman–Crippen MR) is 76.1 cm³/mol. The summed E-state index contributed by atoms with van der Waals surface area (Å²) in [6.45, 7) is 1.80. The largest absolute Gasteiger partial charge is 0.398 e. The van der Waals surface area contributed by atoms with E-state index in [1.807, 2.05) is 0 Å². The standard InChI is InChI=1S/C11H16ClNO3S2/c1-2-6-18(15,16)7-5-17(14)11-8-9(12)3-4-10(11)13/h3-4,8H,2,5-7,13H2,1H3. The van der Waals surface area contributed by atoms with Gasteiger partial charge in [-0.3, -0.25) is 4.21 Å². The molecule has 1 aromatic carbocycles. The van der Waals surface area contributed by atoms with Crippen molar-refractivity contribution in [3.05, 3.63) is 23.2 Å². The van der Waals surface area contributed by atoms with Crippen molar-refractivity contribution in [2.75, 3.05) is 23.0 Å². The number of benzene rings is 1. The lowest BCUT2D eigenvalue weighted by molar-refractivity contribution is 0.595. The Morgan fingerprint density at radius 2 is 2.00 bits per heavy atom. The van der Waals surface area contributed by atoms with Crippen molar-refractivity contribution in [1.29, 1.82) is 0 Å². The molecule has 0 amide bonds. The Kier molecular flexibility index (Phi) is 5.62. The predicted octanol–water partition coefficient (Wildman–Crippen LogP) is 1.85. The van der Waals surface area contributed by atoms with Crippen LogP contribution in [0.1, 0.15) is 13.3 Å². The molecule has 1 rings (SSSR count). The van der Waals surface area contributed by atoms with Crippen LogP contribution in [0.5, 0.6) is 0 Å². The first-order chi connectivity index (χ1) is 8.35. The molecule has 102 valence electrons. The van der Waals surface area contributed by atoms with Crippen molar-refractivity contribution in [2.45, 2.75) is 18.2 Å². The zero-order valence-corrected chi connectivity index (χ0v) is 12.4. The Morgan fingerprint density at radius 3 is 2.61 bits per heavy atom. The molecule has 1 atom stereocenters. The average Bonchev–Trinajstić information content (AvgIpc) is 2.29. The lowest BCUT2D eigenvalue weighted by atomic mass is 10.3. The van der Waals surface area contributed by atoms with E-state index in [1.165, 1.54) is 6.07 Å². The highest BCUT2D eigenvalue weighted by atomic mass is 35.5. The highest BCUT2D eigenvalue weighted by Gasteiger charge is 2.14. The van der Waals surface area contributed by atoms with Crippen LogP contribution in [0.4, 0.5) is 5.69 Å². The molecular formula is C11H16ClNO3S2. The molecule has 1 aromatic rings. The Balaban J connectivity index is 2.75. The third-order valence-corrected chi connectivity index (χ3v) is 6.08. The summed E-state index contributed by atoms with van der Waals surface area (Å²) < 4.78 is 35.0. The topological polar surface area (TPSA) is 77.2 Å². The summed E-state index contributed by atoms with van der Waals surface area (Å²) in [5.74, 6) is 0.0709. The molecule has 4 nitrogen and oxygen atoms in total. The normalized spacial score (nSPS) is 13.4. The summed E-state index contributed by atoms with van der Waals surface area (Å²) in [6, 6.07) is 4.68. The van der Waals surface area contributed by atoms with Gasteiger partial charge in [-0.05, 0) is 24.6 Å². The van der Waals surface area contributed by atoms with E-state index < -0.39 is 20.6 Å². The summed E-state index contributed by atoms with van der Waals surface area (Å²) >= 11 is 5.79. The molecule has 0 aliphatic carbocycles. The Hall–Kier alpha value is -0.590. The van der Waals surface area contributed by atoms with Crippen molar-refractivity contribution in [3.8, 4) is 0 Å². The van der Waals surface area contributed by atoms with Gasteiger partial charge in [0.25, 0.3) is 0 Å². The smallest absolute Gasteiger partial charge is 0.151 e. The van der Waals surface area contributed by atoms with E-state index in [4.69, 9.17) is 17.3 Å². The minimum atomic E-state index is -3.12. The van der Waals surface area contributed by atoms with E-state index in [1.54, 1.807) is 19.1 Å². The maximum absolute atomic E-state index is 12.0. The van der Waals surface area contributed by atoms with Gasteiger partial charge in [0.2, 0.25) is 0 Å². The zero-order chi connectivity index (χ0) is 13.8. The second-order valence-corrected chi connectivity index (χ2v) is 8.16. The number of halogens is 1. The molecule has 18 heavy (non-hydrogen) atoms. The number of rotatable bonds is 6. The number of anilines is 1. The summed E-state index contributed by atoms with van der Waals surface area (Å²) in [4.78, 5) is 0.397. The van der Waals surface area contributed by atoms with Crippen LogP contribution in [0, 0.1) is 0 Å². The number of sulfone groups is 1. The van der Waals surface area contributed by atoms with Crippen LogP contribution in [0.2, 0.25) is 5.02 Å². The van der Waals surface area contributed by atoms with Gasteiger partial charge >= 0.3 is 0 Å². The fourth-order valence-corrected chi connectivity index (χ4v) is 4.92. The zero-order valence-electron chi connectivity index (χ0n) is 10.1. The van der Waals surface area contributed by atoms with Gasteiger partial charge in [0.05, 0.1) is 21.4 Å². The molecule has 0 spiro atoms. The summed E-state index contributed by atoms with van der Waals surface area (Å²) in [5.41, 5.74) is 6.05. The first kappa shape index (κ1) is 15.5. The molecular weight excluding hydrogens is 294 g/mol. The van der Waals surface area contributed by atoms with Crippen LogP contribution in [0.3, 0.4) is 0 Å². The summed E-state index contributed by atoms with van der Waals surface area (Å²) in [5, 5.41) is 0.434. The second kappa shape index (κ2) is 6.54. The van der Waals surface area contributed by atoms with Gasteiger partial charge < -0.3 is 5.73 Å². The molecule has 0 radical (unpaired) electrons. The highest BCUT2D eigenvalue weighted by Crippen LogP contribution is 2.21. The van der Waals surface area contributed by atoms with E-state index in [2.05, 4.69) is 0 Å². The maximum atomic E-state index is 12.0. The van der Waals surface area contributed by atoms with Gasteiger partial charge in [0, 0.05) is 22.2 Å². The minimum Gasteiger partial charge on any atom is -0.398 e. The van der Waals surface area contributed by atoms with Crippen molar-refractivity contribution in [2.24, 2.45) is 0 Å². The molecule has 7 heteroatoms. The SMILES string of the molecule is CCCS(=O)(=O)CCS(=O)c1cc(Cl)ccc1N. The molecule has 2 N–H and O–H groups in total. The van der Waals surface area contributed by atoms with Gasteiger partial charge in [0.15, 0.2) is 9.84 Å². The fourth-order valence-electron chi connectivity index (χ4n) is 1.43. The molecule has 0 fully saturated rings. The quantitative estimate of drug-likeness (QED) is 0.814. The summed E-state index contributed by atoms with van der Waals surface area (Å²) in [7, 11) is -4.57. The number of nitrogens with two attached hydrogens (primary N) is 1. The average molecular weight is 310 g/mol. The molecule has 0 saturated heterocycles. The minimum absolute atomic E-state index is 0.0485. The van der Waals surface area contributed by atoms with E-state index in [9.17, 15) is 12.6 Å². The van der Waals surface area contributed by atoms with Gasteiger partial charge in [0.1, 0.15) is 0 Å². The van der Waals surface area contributed by atoms with Crippen LogP contribution in [-0.2, 0) is 20.6 Å². The van der Waals surface area contributed by atoms with Gasteiger partial charge in [-0.25, -0.2) is 8.42 Å². The van der Waals surface area contributed by atoms with E-state index >= 15 is 0 Å². The Labute approximate surface area is 115 Å². The van der Waals surface area contributed by atoms with E-state index in [0.29, 0.717) is 22.0 Å². The molecule has 0 saturated carbocycles. The lowest BCUT2D eigenvalue weighted by Crippen LogP contribution is -2.16. The lowest BCUT2D eigenvalue weighted by Gasteiger charge is -2.06. The van der Waals surface area contributed by atoms with Crippen LogP contribution in [-0.4, -0.2) is 29.9 Å². The third kappa shape index (κ3) is 4.59. The molecule has 0 aliphatic heterocycles. The van der Waals surface area contributed by atoms with E-state index in [-0.39, 0.29) is 17.3 Å². The van der Waals surface area contributed by atoms with Gasteiger partial charge in [-0.1, -0.05) is 18.5 Å². The Bertz CT molecular complexity index is 543. The monoisotopic (exact) mass is 309 g/mol. The second-order valence-electron chi connectivity index (χ2n) is 3.88. The maximum Gasteiger partial charge on any atom is 0.151 e. The number of nitrogen functional groups attached to an aromatic ring is 1. The molecule has 0 bridgehead atoms. The first-order valence-corrected chi connectivity index (χ1v) is 9.01. The van der Waals surface area contributed by atoms with Crippen molar-refractivity contribution in [3.63, 3.8) is 0 Å². The molecule has 0 aromatic heterocycles. The van der Waals surface area contributed by atoms with Crippen LogP contribution < -0.4 is 5.73 Å². The fraction of sp³-hybridized carbons (Fsp3) is 0.455. The number of hydrogen-bond acceptors (Lipinski definition) is 4. The number of hydrogen-bond donors (Lipinski definition) is 1. The molecule has 1 unspecified atom stereocenters. The highest BCUT2D eigenvalue weighted by molar-refractivity contribution is 7.93. The first-order valence-electron chi connectivity index (χ1n) is 5.49. The summed E-state index contributed by atoms with van der Waals surface area (Å²) in [6.07, 6.45) is 0.564. The Morgan fingerprint density at radius 1 is 1.33 bits per heavy atom. The van der Waals surface area contributed by atoms with Crippen molar-refractivity contribution >= 4 is 37.9 Å². The van der Waals surface area contributed by atoms with Crippen molar-refractivity contribution in [1.82, 2.24) is 0 Å². The third-order valence-electron chi connectivity index (χ3n) is 2.32. The van der Waals surface area contributed by atoms with Crippen LogP contribution >= 0.6 is 11.6 Å². The van der Waals surface area contributed by atoms with Crippen molar-refractivity contribution < 1.29 is 12.6 Å². The van der Waals surface area contributed by atoms with Crippen LogP contribution in [0.25, 0.3) is 0 Å².